The number of aliphatic hydroxyl groups is 1. The van der Waals surface area contributed by atoms with Crippen LogP contribution in [0.15, 0.2) is 42.6 Å². The number of nitrogens with one attached hydrogen (secondary N) is 2. The highest BCUT2D eigenvalue weighted by Crippen LogP contribution is 2.32. The Morgan fingerprint density at radius 1 is 1.23 bits per heavy atom. The molecule has 4 rings (SSSR count). The fourth-order valence-corrected chi connectivity index (χ4v) is 9.86. The summed E-state index contributed by atoms with van der Waals surface area (Å²) in [6.07, 6.45) is 1.33. The van der Waals surface area contributed by atoms with Gasteiger partial charge in [0.05, 0.1) is 24.7 Å². The van der Waals surface area contributed by atoms with Gasteiger partial charge < -0.3 is 24.6 Å². The van der Waals surface area contributed by atoms with Gasteiger partial charge in [0, 0.05) is 47.0 Å². The fraction of sp³-hybridized carbons (Fsp3) is 0.467. The van der Waals surface area contributed by atoms with Crippen molar-refractivity contribution in [2.75, 3.05) is 12.1 Å². The number of rotatable bonds is 10. The first-order chi connectivity index (χ1) is 20.4. The third-order valence-electron chi connectivity index (χ3n) is 7.31. The van der Waals surface area contributed by atoms with Gasteiger partial charge in [-0.25, -0.2) is 17.5 Å². The van der Waals surface area contributed by atoms with E-state index >= 15 is 0 Å². The SMILES string of the molecule is CC(O)c1cn(CC(=O)N2C[Si](C)(C)C[C@H]2C(=O)NCc2cccc(Cl)c2F)c2cc(OCS(=O)(=O)NC(C)(C)C)ccc12. The minimum atomic E-state index is -3.73. The summed E-state index contributed by atoms with van der Waals surface area (Å²) >= 11 is 5.88. The van der Waals surface area contributed by atoms with Gasteiger partial charge in [-0.15, -0.1) is 0 Å². The number of sulfonamides is 1. The molecule has 1 saturated heterocycles. The highest BCUT2D eigenvalue weighted by Gasteiger charge is 2.44. The lowest BCUT2D eigenvalue weighted by atomic mass is 10.1. The maximum atomic E-state index is 14.4. The third-order valence-corrected chi connectivity index (χ3v) is 11.6. The zero-order valence-corrected chi connectivity index (χ0v) is 28.4. The van der Waals surface area contributed by atoms with Crippen molar-refractivity contribution in [2.24, 2.45) is 0 Å². The van der Waals surface area contributed by atoms with Crippen molar-refractivity contribution in [1.82, 2.24) is 19.5 Å². The van der Waals surface area contributed by atoms with Crippen LogP contribution < -0.4 is 14.8 Å². The highest BCUT2D eigenvalue weighted by atomic mass is 35.5. The molecule has 1 aliphatic rings. The molecule has 14 heteroatoms. The number of amides is 2. The molecule has 2 heterocycles. The van der Waals surface area contributed by atoms with E-state index in [-0.39, 0.29) is 41.2 Å². The second-order valence-electron chi connectivity index (χ2n) is 13.1. The van der Waals surface area contributed by atoms with Crippen molar-refractivity contribution in [3.05, 3.63) is 64.6 Å². The lowest BCUT2D eigenvalue weighted by Gasteiger charge is -2.25. The topological polar surface area (TPSA) is 130 Å². The standard InChI is InChI=1S/C30H40ClFN4O6SSi/c1-19(37)23-14-35(25-12-21(10-11-22(23)25)42-18-43(40,41)34-30(2,3)4)15-27(38)36-17-44(5,6)16-26(36)29(39)33-13-20-8-7-9-24(31)28(20)32/h7-12,14,19,26,34,37H,13,15-18H2,1-6H3,(H,33,39)/t19?,26-/m0/s1. The van der Waals surface area contributed by atoms with Gasteiger partial charge >= 0.3 is 0 Å². The number of fused-ring (bicyclic) bond motifs is 1. The molecule has 10 nitrogen and oxygen atoms in total. The monoisotopic (exact) mass is 666 g/mol. The van der Waals surface area contributed by atoms with Gasteiger partial charge in [0.25, 0.3) is 0 Å². The van der Waals surface area contributed by atoms with E-state index in [9.17, 15) is 27.5 Å². The van der Waals surface area contributed by atoms with E-state index in [1.807, 2.05) is 0 Å². The Balaban J connectivity index is 1.55. The van der Waals surface area contributed by atoms with Gasteiger partial charge in [-0.05, 0) is 51.9 Å². The molecule has 1 aromatic heterocycles. The molecule has 2 amide bonds. The van der Waals surface area contributed by atoms with Crippen molar-refractivity contribution in [1.29, 1.82) is 0 Å². The molecular formula is C30H40ClFN4O6SSi. The van der Waals surface area contributed by atoms with E-state index in [0.717, 1.165) is 0 Å². The van der Waals surface area contributed by atoms with Crippen LogP contribution in [-0.4, -0.2) is 66.6 Å². The van der Waals surface area contributed by atoms with Gasteiger partial charge in [-0.1, -0.05) is 36.8 Å². The van der Waals surface area contributed by atoms with Crippen molar-refractivity contribution in [3.8, 4) is 5.75 Å². The van der Waals surface area contributed by atoms with Crippen LogP contribution in [0.2, 0.25) is 24.2 Å². The molecule has 1 unspecified atom stereocenters. The van der Waals surface area contributed by atoms with Crippen LogP contribution in [0.1, 0.15) is 44.9 Å². The maximum absolute atomic E-state index is 14.4. The van der Waals surface area contributed by atoms with E-state index in [1.165, 1.54) is 6.07 Å². The number of hydrogen-bond donors (Lipinski definition) is 3. The number of ether oxygens (including phenoxy) is 1. The summed E-state index contributed by atoms with van der Waals surface area (Å²) in [5.74, 6) is -1.56. The maximum Gasteiger partial charge on any atom is 0.247 e. The average molecular weight is 667 g/mol. The lowest BCUT2D eigenvalue weighted by molar-refractivity contribution is -0.138. The first kappa shape index (κ1) is 33.9. The van der Waals surface area contributed by atoms with Gasteiger partial charge in [0.1, 0.15) is 24.2 Å². The summed E-state index contributed by atoms with van der Waals surface area (Å²) in [5.41, 5.74) is 0.750. The van der Waals surface area contributed by atoms with Gasteiger partial charge in [0.2, 0.25) is 27.8 Å². The number of hydrogen-bond acceptors (Lipinski definition) is 6. The second-order valence-corrected chi connectivity index (χ2v) is 20.3. The highest BCUT2D eigenvalue weighted by molar-refractivity contribution is 7.89. The van der Waals surface area contributed by atoms with Crippen molar-refractivity contribution in [2.45, 2.75) is 77.6 Å². The summed E-state index contributed by atoms with van der Waals surface area (Å²) in [4.78, 5) is 28.7. The zero-order valence-electron chi connectivity index (χ0n) is 25.8. The minimum absolute atomic E-state index is 0.0322. The van der Waals surface area contributed by atoms with Crippen LogP contribution in [-0.2, 0) is 32.7 Å². The van der Waals surface area contributed by atoms with E-state index in [0.29, 0.717) is 28.7 Å². The second kappa shape index (κ2) is 12.8. The van der Waals surface area contributed by atoms with Crippen LogP contribution in [0.3, 0.4) is 0 Å². The quantitative estimate of drug-likeness (QED) is 0.277. The lowest BCUT2D eigenvalue weighted by Crippen LogP contribution is -2.46. The van der Waals surface area contributed by atoms with Gasteiger partial charge in [-0.3, -0.25) is 9.59 Å². The number of carbonyl (C=O) groups excluding carboxylic acids is 2. The summed E-state index contributed by atoms with van der Waals surface area (Å²) in [5, 5.41) is 13.9. The van der Waals surface area contributed by atoms with Crippen LogP contribution >= 0.6 is 11.6 Å². The molecule has 2 atom stereocenters. The van der Waals surface area contributed by atoms with Crippen LogP contribution in [0.4, 0.5) is 4.39 Å². The minimum Gasteiger partial charge on any atom is -0.476 e. The number of aliphatic hydroxyl groups excluding tert-OH is 1. The van der Waals surface area contributed by atoms with Crippen LogP contribution in [0.25, 0.3) is 10.9 Å². The summed E-state index contributed by atoms with van der Waals surface area (Å²) in [6.45, 7) is 10.9. The molecule has 0 bridgehead atoms. The first-order valence-corrected chi connectivity index (χ1v) is 19.8. The summed E-state index contributed by atoms with van der Waals surface area (Å²) in [7, 11) is -5.67. The molecule has 2 aromatic carbocycles. The normalized spacial score (nSPS) is 17.6. The summed E-state index contributed by atoms with van der Waals surface area (Å²) < 4.78 is 49.1. The van der Waals surface area contributed by atoms with Crippen LogP contribution in [0, 0.1) is 5.82 Å². The Morgan fingerprint density at radius 3 is 2.59 bits per heavy atom. The Hall–Kier alpha value is -2.97. The Labute approximate surface area is 263 Å². The predicted octanol–water partition coefficient (Wildman–Crippen LogP) is 4.32. The van der Waals surface area contributed by atoms with E-state index in [2.05, 4.69) is 23.1 Å². The fourth-order valence-electron chi connectivity index (χ4n) is 5.48. The van der Waals surface area contributed by atoms with Gasteiger partial charge in [-0.2, -0.15) is 0 Å². The molecule has 1 fully saturated rings. The molecule has 1 aliphatic heterocycles. The molecule has 3 N–H and O–H groups in total. The third kappa shape index (κ3) is 8.19. The first-order valence-electron chi connectivity index (χ1n) is 14.3. The zero-order chi connectivity index (χ0) is 32.6. The molecular weight excluding hydrogens is 627 g/mol. The Kier molecular flexibility index (Phi) is 9.86. The molecule has 0 radical (unpaired) electrons. The molecule has 240 valence electrons. The van der Waals surface area contributed by atoms with Crippen LogP contribution in [0.5, 0.6) is 5.75 Å². The number of aromatic nitrogens is 1. The largest absolute Gasteiger partial charge is 0.476 e. The molecule has 3 aromatic rings. The molecule has 0 saturated carbocycles. The van der Waals surface area contributed by atoms with E-state index < -0.39 is 47.5 Å². The molecule has 44 heavy (non-hydrogen) atoms. The van der Waals surface area contributed by atoms with Gasteiger partial charge in [0.15, 0.2) is 0 Å². The van der Waals surface area contributed by atoms with Crippen molar-refractivity contribution >= 4 is 52.4 Å². The van der Waals surface area contributed by atoms with Crippen molar-refractivity contribution < 1.29 is 32.2 Å². The summed E-state index contributed by atoms with van der Waals surface area (Å²) in [6, 6.07) is 9.40. The molecule has 0 aliphatic carbocycles. The Bertz CT molecular complexity index is 1670. The van der Waals surface area contributed by atoms with E-state index in [4.69, 9.17) is 16.3 Å². The Morgan fingerprint density at radius 2 is 1.93 bits per heavy atom. The number of carbonyl (C=O) groups is 2. The smallest absolute Gasteiger partial charge is 0.247 e. The number of nitrogens with zero attached hydrogens (tertiary/aromatic N) is 2. The molecule has 0 spiro atoms. The van der Waals surface area contributed by atoms with Crippen molar-refractivity contribution in [3.63, 3.8) is 0 Å². The number of benzene rings is 2. The van der Waals surface area contributed by atoms with E-state index in [1.54, 1.807) is 73.7 Å². The predicted molar refractivity (Wildman–Crippen MR) is 171 cm³/mol. The number of halogens is 2. The average Bonchev–Trinajstić information content (AvgIpc) is 3.43.